The van der Waals surface area contributed by atoms with E-state index in [1.807, 2.05) is 0 Å². The Labute approximate surface area is 83.1 Å². The highest BCUT2D eigenvalue weighted by Gasteiger charge is 1.88. The van der Waals surface area contributed by atoms with Gasteiger partial charge >= 0.3 is 0 Å². The highest BCUT2D eigenvalue weighted by atomic mass is 14.5. The average molecular weight is 181 g/mol. The molecular weight excluding hydrogens is 158 g/mol. The molecule has 0 aliphatic carbocycles. The zero-order valence-corrected chi connectivity index (χ0v) is 8.94. The Bertz CT molecular complexity index is 141. The Hall–Kier alpha value is -0.480. The SMILES string of the molecule is CCCCCCCCCC#CCN. The zero-order chi connectivity index (χ0) is 9.78. The standard InChI is InChI=1S/C12H23N/c1-2-3-4-5-6-7-8-9-10-11-12-13/h2-9,12-13H2,1H3. The molecular formula is C12H23N. The first-order chi connectivity index (χ1) is 6.41. The largest absolute Gasteiger partial charge is 0.320 e. The van der Waals surface area contributed by atoms with Crippen LogP contribution in [0.5, 0.6) is 0 Å². The topological polar surface area (TPSA) is 26.0 Å². The highest BCUT2D eigenvalue weighted by molar-refractivity contribution is 4.99. The van der Waals surface area contributed by atoms with Crippen LogP contribution >= 0.6 is 0 Å². The molecule has 0 unspecified atom stereocenters. The minimum absolute atomic E-state index is 0.510. The van der Waals surface area contributed by atoms with E-state index in [4.69, 9.17) is 5.73 Å². The fourth-order valence-corrected chi connectivity index (χ4v) is 1.33. The van der Waals surface area contributed by atoms with E-state index >= 15 is 0 Å². The van der Waals surface area contributed by atoms with Gasteiger partial charge in [0.1, 0.15) is 0 Å². The second-order valence-corrected chi connectivity index (χ2v) is 3.43. The van der Waals surface area contributed by atoms with Crippen LogP contribution in [0, 0.1) is 11.8 Å². The first-order valence-corrected chi connectivity index (χ1v) is 5.57. The number of nitrogens with two attached hydrogens (primary N) is 1. The van der Waals surface area contributed by atoms with Crippen molar-refractivity contribution >= 4 is 0 Å². The summed E-state index contributed by atoms with van der Waals surface area (Å²) in [5.41, 5.74) is 5.25. The van der Waals surface area contributed by atoms with Gasteiger partial charge < -0.3 is 5.73 Å². The number of unbranched alkanes of at least 4 members (excludes halogenated alkanes) is 7. The maximum absolute atomic E-state index is 5.25. The van der Waals surface area contributed by atoms with Crippen LogP contribution in [0.1, 0.15) is 58.3 Å². The Balaban J connectivity index is 2.91. The molecule has 0 amide bonds. The average Bonchev–Trinajstić information content (AvgIpc) is 2.16. The van der Waals surface area contributed by atoms with Gasteiger partial charge in [-0.15, -0.1) is 5.92 Å². The van der Waals surface area contributed by atoms with Crippen molar-refractivity contribution in [1.29, 1.82) is 0 Å². The monoisotopic (exact) mass is 181 g/mol. The van der Waals surface area contributed by atoms with Crippen LogP contribution in [0.2, 0.25) is 0 Å². The second kappa shape index (κ2) is 11.5. The van der Waals surface area contributed by atoms with E-state index in [1.54, 1.807) is 0 Å². The summed E-state index contributed by atoms with van der Waals surface area (Å²) in [6.45, 7) is 2.76. The molecule has 1 heteroatoms. The Kier molecular flexibility index (Phi) is 11.1. The van der Waals surface area contributed by atoms with Crippen molar-refractivity contribution in [3.63, 3.8) is 0 Å². The molecule has 0 aromatic rings. The summed E-state index contributed by atoms with van der Waals surface area (Å²) >= 11 is 0. The third-order valence-corrected chi connectivity index (χ3v) is 2.13. The smallest absolute Gasteiger partial charge is 0.0551 e. The van der Waals surface area contributed by atoms with Crippen molar-refractivity contribution in [2.75, 3.05) is 6.54 Å². The first-order valence-electron chi connectivity index (χ1n) is 5.57. The third-order valence-electron chi connectivity index (χ3n) is 2.13. The maximum atomic E-state index is 5.25. The van der Waals surface area contributed by atoms with Gasteiger partial charge in [0.15, 0.2) is 0 Å². The molecule has 0 aromatic heterocycles. The predicted molar refractivity (Wildman–Crippen MR) is 59.4 cm³/mol. The summed E-state index contributed by atoms with van der Waals surface area (Å²) in [5, 5.41) is 0. The maximum Gasteiger partial charge on any atom is 0.0551 e. The van der Waals surface area contributed by atoms with Gasteiger partial charge in [0.05, 0.1) is 6.54 Å². The van der Waals surface area contributed by atoms with Crippen molar-refractivity contribution in [3.05, 3.63) is 0 Å². The van der Waals surface area contributed by atoms with Gasteiger partial charge in [-0.25, -0.2) is 0 Å². The van der Waals surface area contributed by atoms with Gasteiger partial charge in [-0.1, -0.05) is 51.4 Å². The van der Waals surface area contributed by atoms with Gasteiger partial charge in [-0.05, 0) is 6.42 Å². The molecule has 0 aliphatic heterocycles. The van der Waals surface area contributed by atoms with Gasteiger partial charge in [0.2, 0.25) is 0 Å². The molecule has 76 valence electrons. The van der Waals surface area contributed by atoms with E-state index in [0.29, 0.717) is 6.54 Å². The lowest BCUT2D eigenvalue weighted by molar-refractivity contribution is 0.594. The second-order valence-electron chi connectivity index (χ2n) is 3.43. The first kappa shape index (κ1) is 12.5. The van der Waals surface area contributed by atoms with Crippen LogP contribution in [0.25, 0.3) is 0 Å². The summed E-state index contributed by atoms with van der Waals surface area (Å²) in [4.78, 5) is 0. The van der Waals surface area contributed by atoms with Crippen LogP contribution in [-0.4, -0.2) is 6.54 Å². The van der Waals surface area contributed by atoms with E-state index in [2.05, 4.69) is 18.8 Å². The predicted octanol–water partition coefficient (Wildman–Crippen LogP) is 3.09. The quantitative estimate of drug-likeness (QED) is 0.474. The lowest BCUT2D eigenvalue weighted by Gasteiger charge is -1.97. The Morgan fingerprint density at radius 1 is 0.846 bits per heavy atom. The molecule has 13 heavy (non-hydrogen) atoms. The summed E-state index contributed by atoms with van der Waals surface area (Å²) in [6.07, 6.45) is 10.5. The van der Waals surface area contributed by atoms with Crippen LogP contribution in [0.15, 0.2) is 0 Å². The molecule has 0 aromatic carbocycles. The molecule has 0 saturated heterocycles. The van der Waals surface area contributed by atoms with Crippen molar-refractivity contribution in [3.8, 4) is 11.8 Å². The fourth-order valence-electron chi connectivity index (χ4n) is 1.33. The van der Waals surface area contributed by atoms with Crippen molar-refractivity contribution in [1.82, 2.24) is 0 Å². The third kappa shape index (κ3) is 11.5. The molecule has 0 spiro atoms. The van der Waals surface area contributed by atoms with Crippen LogP contribution in [0.3, 0.4) is 0 Å². The summed E-state index contributed by atoms with van der Waals surface area (Å²) in [5.74, 6) is 5.95. The molecule has 0 atom stereocenters. The van der Waals surface area contributed by atoms with Gasteiger partial charge in [-0.3, -0.25) is 0 Å². The molecule has 2 N–H and O–H groups in total. The number of rotatable bonds is 7. The van der Waals surface area contributed by atoms with E-state index in [1.165, 1.54) is 44.9 Å². The minimum atomic E-state index is 0.510. The van der Waals surface area contributed by atoms with Crippen LogP contribution in [0.4, 0.5) is 0 Å². The number of hydrogen-bond donors (Lipinski definition) is 1. The van der Waals surface area contributed by atoms with Gasteiger partial charge in [0, 0.05) is 6.42 Å². The summed E-state index contributed by atoms with van der Waals surface area (Å²) < 4.78 is 0. The van der Waals surface area contributed by atoms with Gasteiger partial charge in [-0.2, -0.15) is 0 Å². The summed E-state index contributed by atoms with van der Waals surface area (Å²) in [6, 6.07) is 0. The molecule has 0 bridgehead atoms. The molecule has 0 heterocycles. The molecule has 0 aliphatic rings. The lowest BCUT2D eigenvalue weighted by Crippen LogP contribution is -1.92. The van der Waals surface area contributed by atoms with E-state index < -0.39 is 0 Å². The molecule has 0 fully saturated rings. The molecule has 0 rings (SSSR count). The van der Waals surface area contributed by atoms with Crippen molar-refractivity contribution in [2.24, 2.45) is 5.73 Å². The zero-order valence-electron chi connectivity index (χ0n) is 8.94. The summed E-state index contributed by atoms with van der Waals surface area (Å²) in [7, 11) is 0. The Morgan fingerprint density at radius 2 is 1.46 bits per heavy atom. The fraction of sp³-hybridized carbons (Fsp3) is 0.833. The molecule has 1 nitrogen and oxygen atoms in total. The Morgan fingerprint density at radius 3 is 2.08 bits per heavy atom. The van der Waals surface area contributed by atoms with E-state index in [9.17, 15) is 0 Å². The van der Waals surface area contributed by atoms with Crippen molar-refractivity contribution in [2.45, 2.75) is 58.3 Å². The lowest BCUT2D eigenvalue weighted by atomic mass is 10.1. The molecule has 0 radical (unpaired) electrons. The van der Waals surface area contributed by atoms with Crippen LogP contribution in [-0.2, 0) is 0 Å². The van der Waals surface area contributed by atoms with E-state index in [-0.39, 0.29) is 0 Å². The van der Waals surface area contributed by atoms with Crippen LogP contribution < -0.4 is 5.73 Å². The van der Waals surface area contributed by atoms with E-state index in [0.717, 1.165) is 6.42 Å². The highest BCUT2D eigenvalue weighted by Crippen LogP contribution is 2.07. The molecule has 0 saturated carbocycles. The van der Waals surface area contributed by atoms with Crippen molar-refractivity contribution < 1.29 is 0 Å². The normalized spacial score (nSPS) is 9.38. The van der Waals surface area contributed by atoms with Gasteiger partial charge in [0.25, 0.3) is 0 Å². The minimum Gasteiger partial charge on any atom is -0.320 e. The number of hydrogen-bond acceptors (Lipinski definition) is 1.